The fraction of sp³-hybridized carbons (Fsp3) is 0.571. The SMILES string of the molecule is CNC(CCC1CCCO1)c1c(F)ccc(Br)c1F. The maximum atomic E-state index is 14.0. The number of hydrogen-bond acceptors (Lipinski definition) is 2. The van der Waals surface area contributed by atoms with Crippen LogP contribution in [0.5, 0.6) is 0 Å². The molecule has 106 valence electrons. The molecule has 2 rings (SSSR count). The minimum absolute atomic E-state index is 0.106. The molecule has 2 atom stereocenters. The predicted molar refractivity (Wildman–Crippen MR) is 74.1 cm³/mol. The topological polar surface area (TPSA) is 21.3 Å². The molecule has 0 aliphatic carbocycles. The summed E-state index contributed by atoms with van der Waals surface area (Å²) in [5.74, 6) is -1.03. The standard InChI is InChI=1S/C14H18BrF2NO/c1-18-12(7-4-9-3-2-8-19-9)13-11(16)6-5-10(15)14(13)17/h5-6,9,12,18H,2-4,7-8H2,1H3. The molecule has 19 heavy (non-hydrogen) atoms. The van der Waals surface area contributed by atoms with Gasteiger partial charge in [-0.3, -0.25) is 0 Å². The second kappa shape index (κ2) is 6.77. The highest BCUT2D eigenvalue weighted by atomic mass is 79.9. The van der Waals surface area contributed by atoms with Crippen molar-refractivity contribution >= 4 is 15.9 Å². The van der Waals surface area contributed by atoms with Crippen LogP contribution in [0.3, 0.4) is 0 Å². The Labute approximate surface area is 120 Å². The highest BCUT2D eigenvalue weighted by Crippen LogP contribution is 2.30. The van der Waals surface area contributed by atoms with Gasteiger partial charge >= 0.3 is 0 Å². The van der Waals surface area contributed by atoms with Crippen molar-refractivity contribution < 1.29 is 13.5 Å². The molecule has 0 saturated carbocycles. The van der Waals surface area contributed by atoms with Gasteiger partial charge in [-0.15, -0.1) is 0 Å². The molecule has 0 bridgehead atoms. The van der Waals surface area contributed by atoms with Crippen molar-refractivity contribution in [2.75, 3.05) is 13.7 Å². The molecule has 1 aromatic carbocycles. The summed E-state index contributed by atoms with van der Waals surface area (Å²) < 4.78 is 33.7. The Hall–Kier alpha value is -0.520. The van der Waals surface area contributed by atoms with Crippen molar-refractivity contribution in [1.82, 2.24) is 5.32 Å². The Morgan fingerprint density at radius 3 is 2.89 bits per heavy atom. The van der Waals surface area contributed by atoms with E-state index < -0.39 is 11.6 Å². The summed E-state index contributed by atoms with van der Waals surface area (Å²) in [5.41, 5.74) is 0.106. The largest absolute Gasteiger partial charge is 0.378 e. The van der Waals surface area contributed by atoms with Crippen LogP contribution in [0.1, 0.15) is 37.3 Å². The van der Waals surface area contributed by atoms with Crippen molar-refractivity contribution in [2.45, 2.75) is 37.8 Å². The highest BCUT2D eigenvalue weighted by molar-refractivity contribution is 9.10. The number of hydrogen-bond donors (Lipinski definition) is 1. The Morgan fingerprint density at radius 1 is 1.47 bits per heavy atom. The Morgan fingerprint density at radius 2 is 2.26 bits per heavy atom. The average Bonchev–Trinajstić information content (AvgIpc) is 2.91. The van der Waals surface area contributed by atoms with Gasteiger partial charge in [-0.1, -0.05) is 0 Å². The fourth-order valence-electron chi connectivity index (χ4n) is 2.52. The number of benzene rings is 1. The van der Waals surface area contributed by atoms with Crippen molar-refractivity contribution in [3.8, 4) is 0 Å². The molecule has 0 radical (unpaired) electrons. The van der Waals surface area contributed by atoms with E-state index in [0.29, 0.717) is 10.9 Å². The van der Waals surface area contributed by atoms with Gasteiger partial charge in [0.2, 0.25) is 0 Å². The molecule has 1 aromatic rings. The molecule has 2 nitrogen and oxygen atoms in total. The predicted octanol–water partition coefficient (Wildman–Crippen LogP) is 3.95. The van der Waals surface area contributed by atoms with Crippen LogP contribution in [0.15, 0.2) is 16.6 Å². The molecule has 2 unspecified atom stereocenters. The van der Waals surface area contributed by atoms with Crippen LogP contribution < -0.4 is 5.32 Å². The van der Waals surface area contributed by atoms with Gasteiger partial charge in [-0.05, 0) is 60.8 Å². The van der Waals surface area contributed by atoms with E-state index >= 15 is 0 Å². The van der Waals surface area contributed by atoms with Gasteiger partial charge in [0.1, 0.15) is 11.6 Å². The van der Waals surface area contributed by atoms with E-state index in [2.05, 4.69) is 21.2 Å². The maximum absolute atomic E-state index is 14.0. The quantitative estimate of drug-likeness (QED) is 0.824. The summed E-state index contributed by atoms with van der Waals surface area (Å²) in [7, 11) is 1.72. The van der Waals surface area contributed by atoms with E-state index in [0.717, 1.165) is 25.9 Å². The molecular weight excluding hydrogens is 316 g/mol. The summed E-state index contributed by atoms with van der Waals surface area (Å²) in [6.07, 6.45) is 3.82. The molecule has 0 aromatic heterocycles. The third kappa shape index (κ3) is 3.52. The van der Waals surface area contributed by atoms with Crippen LogP contribution in [0, 0.1) is 11.6 Å². The summed E-state index contributed by atoms with van der Waals surface area (Å²) in [6, 6.07) is 2.35. The van der Waals surface area contributed by atoms with Gasteiger partial charge in [0.15, 0.2) is 0 Å². The second-order valence-electron chi connectivity index (χ2n) is 4.81. The molecule has 1 aliphatic heterocycles. The lowest BCUT2D eigenvalue weighted by Crippen LogP contribution is -2.21. The van der Waals surface area contributed by atoms with Gasteiger partial charge < -0.3 is 10.1 Å². The maximum Gasteiger partial charge on any atom is 0.145 e. The third-order valence-electron chi connectivity index (χ3n) is 3.58. The van der Waals surface area contributed by atoms with Crippen LogP contribution in [-0.2, 0) is 4.74 Å². The van der Waals surface area contributed by atoms with Crippen LogP contribution >= 0.6 is 15.9 Å². The van der Waals surface area contributed by atoms with E-state index in [1.807, 2.05) is 0 Å². The first-order valence-corrected chi connectivity index (χ1v) is 7.35. The number of rotatable bonds is 5. The third-order valence-corrected chi connectivity index (χ3v) is 4.19. The molecule has 0 amide bonds. The van der Waals surface area contributed by atoms with E-state index in [1.54, 1.807) is 7.05 Å². The monoisotopic (exact) mass is 333 g/mol. The number of nitrogens with one attached hydrogen (secondary N) is 1. The first-order valence-electron chi connectivity index (χ1n) is 6.55. The summed E-state index contributed by atoms with van der Waals surface area (Å²) >= 11 is 3.10. The normalized spacial score (nSPS) is 20.7. The zero-order valence-corrected chi connectivity index (χ0v) is 12.5. The smallest absolute Gasteiger partial charge is 0.145 e. The Bertz CT molecular complexity index is 436. The van der Waals surface area contributed by atoms with Gasteiger partial charge in [0.05, 0.1) is 10.6 Å². The second-order valence-corrected chi connectivity index (χ2v) is 5.66. The number of halogens is 3. The zero-order valence-electron chi connectivity index (χ0n) is 10.9. The van der Waals surface area contributed by atoms with Gasteiger partial charge in [0, 0.05) is 18.2 Å². The number of ether oxygens (including phenoxy) is 1. The molecule has 5 heteroatoms. The zero-order chi connectivity index (χ0) is 13.8. The molecule has 0 spiro atoms. The molecule has 1 N–H and O–H groups in total. The minimum atomic E-state index is -0.522. The fourth-order valence-corrected chi connectivity index (χ4v) is 2.87. The van der Waals surface area contributed by atoms with Crippen LogP contribution in [-0.4, -0.2) is 19.8 Å². The molecule has 1 aliphatic rings. The molecule has 1 saturated heterocycles. The lowest BCUT2D eigenvalue weighted by atomic mass is 9.98. The first kappa shape index (κ1) is 14.9. The summed E-state index contributed by atoms with van der Waals surface area (Å²) in [5, 5.41) is 2.99. The molecule has 1 heterocycles. The Balaban J connectivity index is 2.10. The van der Waals surface area contributed by atoms with E-state index in [-0.39, 0.29) is 17.7 Å². The van der Waals surface area contributed by atoms with Gasteiger partial charge in [0.25, 0.3) is 0 Å². The van der Waals surface area contributed by atoms with Crippen LogP contribution in [0.25, 0.3) is 0 Å². The van der Waals surface area contributed by atoms with E-state index in [4.69, 9.17) is 4.74 Å². The van der Waals surface area contributed by atoms with Crippen molar-refractivity contribution in [2.24, 2.45) is 0 Å². The average molecular weight is 334 g/mol. The lowest BCUT2D eigenvalue weighted by Gasteiger charge is -2.20. The van der Waals surface area contributed by atoms with Crippen LogP contribution in [0.2, 0.25) is 0 Å². The van der Waals surface area contributed by atoms with Gasteiger partial charge in [-0.2, -0.15) is 0 Å². The summed E-state index contributed by atoms with van der Waals surface area (Å²) in [4.78, 5) is 0. The van der Waals surface area contributed by atoms with Crippen molar-refractivity contribution in [1.29, 1.82) is 0 Å². The van der Waals surface area contributed by atoms with Crippen molar-refractivity contribution in [3.05, 3.63) is 33.8 Å². The Kier molecular flexibility index (Phi) is 5.30. The summed E-state index contributed by atoms with van der Waals surface area (Å²) in [6.45, 7) is 0.800. The first-order chi connectivity index (χ1) is 9.13. The molecular formula is C14H18BrF2NO. The van der Waals surface area contributed by atoms with Gasteiger partial charge in [-0.25, -0.2) is 8.78 Å². The lowest BCUT2D eigenvalue weighted by molar-refractivity contribution is 0.0996. The minimum Gasteiger partial charge on any atom is -0.378 e. The van der Waals surface area contributed by atoms with Crippen molar-refractivity contribution in [3.63, 3.8) is 0 Å². The highest BCUT2D eigenvalue weighted by Gasteiger charge is 2.23. The molecule has 1 fully saturated rings. The van der Waals surface area contributed by atoms with Crippen LogP contribution in [0.4, 0.5) is 8.78 Å². The van der Waals surface area contributed by atoms with E-state index in [1.165, 1.54) is 12.1 Å². The van der Waals surface area contributed by atoms with E-state index in [9.17, 15) is 8.78 Å².